The molecule has 3 heteroatoms. The molecule has 2 N–H and O–H groups in total. The number of aliphatic hydroxyl groups is 1. The summed E-state index contributed by atoms with van der Waals surface area (Å²) < 4.78 is 0. The van der Waals surface area contributed by atoms with E-state index in [1.54, 1.807) is 0 Å². The standard InChI is InChI=1S/C13H26O3/c1-3-11(2)8-6-4-5-7-9-12(14)10-13(15)16/h11-12,14H,3-10H2,1-2H3,(H,15,16). The quantitative estimate of drug-likeness (QED) is 0.567. The van der Waals surface area contributed by atoms with Crippen molar-refractivity contribution in [3.05, 3.63) is 0 Å². The van der Waals surface area contributed by atoms with E-state index in [-0.39, 0.29) is 6.42 Å². The summed E-state index contributed by atoms with van der Waals surface area (Å²) in [5.41, 5.74) is 0. The van der Waals surface area contributed by atoms with Crippen LogP contribution in [0.25, 0.3) is 0 Å². The van der Waals surface area contributed by atoms with E-state index >= 15 is 0 Å². The van der Waals surface area contributed by atoms with Crippen LogP contribution in [-0.4, -0.2) is 22.3 Å². The van der Waals surface area contributed by atoms with Gasteiger partial charge in [-0.25, -0.2) is 0 Å². The first kappa shape index (κ1) is 15.4. The normalized spacial score (nSPS) is 14.7. The van der Waals surface area contributed by atoms with Crippen LogP contribution >= 0.6 is 0 Å². The van der Waals surface area contributed by atoms with Gasteiger partial charge < -0.3 is 10.2 Å². The number of hydrogen-bond acceptors (Lipinski definition) is 2. The van der Waals surface area contributed by atoms with Gasteiger partial charge in [0.25, 0.3) is 0 Å². The maximum Gasteiger partial charge on any atom is 0.305 e. The van der Waals surface area contributed by atoms with Gasteiger partial charge in [-0.2, -0.15) is 0 Å². The molecule has 0 saturated heterocycles. The van der Waals surface area contributed by atoms with Crippen molar-refractivity contribution in [3.63, 3.8) is 0 Å². The minimum atomic E-state index is -0.913. The highest BCUT2D eigenvalue weighted by molar-refractivity contribution is 5.67. The van der Waals surface area contributed by atoms with Crippen LogP contribution in [0.3, 0.4) is 0 Å². The zero-order chi connectivity index (χ0) is 12.4. The summed E-state index contributed by atoms with van der Waals surface area (Å²) in [7, 11) is 0. The van der Waals surface area contributed by atoms with Gasteiger partial charge in [0.15, 0.2) is 0 Å². The van der Waals surface area contributed by atoms with Crippen LogP contribution in [0.5, 0.6) is 0 Å². The van der Waals surface area contributed by atoms with Gasteiger partial charge in [-0.1, -0.05) is 52.4 Å². The van der Waals surface area contributed by atoms with Gasteiger partial charge in [-0.15, -0.1) is 0 Å². The highest BCUT2D eigenvalue weighted by Gasteiger charge is 2.08. The van der Waals surface area contributed by atoms with Gasteiger partial charge in [-0.05, 0) is 12.3 Å². The van der Waals surface area contributed by atoms with Crippen LogP contribution in [0.15, 0.2) is 0 Å². The number of carboxylic acid groups (broad SMARTS) is 1. The summed E-state index contributed by atoms with van der Waals surface area (Å²) in [4.78, 5) is 10.3. The van der Waals surface area contributed by atoms with E-state index in [1.165, 1.54) is 25.7 Å². The lowest BCUT2D eigenvalue weighted by Gasteiger charge is -2.09. The fourth-order valence-corrected chi connectivity index (χ4v) is 1.73. The number of aliphatic hydroxyl groups excluding tert-OH is 1. The Morgan fingerprint density at radius 2 is 1.69 bits per heavy atom. The Morgan fingerprint density at radius 3 is 2.19 bits per heavy atom. The average molecular weight is 230 g/mol. The number of carbonyl (C=O) groups is 1. The molecule has 0 aliphatic heterocycles. The maximum absolute atomic E-state index is 10.3. The Kier molecular flexibility index (Phi) is 9.30. The van der Waals surface area contributed by atoms with Crippen molar-refractivity contribution in [1.29, 1.82) is 0 Å². The second-order valence-corrected chi connectivity index (χ2v) is 4.76. The summed E-state index contributed by atoms with van der Waals surface area (Å²) in [6, 6.07) is 0. The second-order valence-electron chi connectivity index (χ2n) is 4.76. The first-order valence-electron chi connectivity index (χ1n) is 6.46. The number of carboxylic acids is 1. The molecule has 96 valence electrons. The summed E-state index contributed by atoms with van der Waals surface area (Å²) in [5, 5.41) is 17.8. The van der Waals surface area contributed by atoms with E-state index in [2.05, 4.69) is 13.8 Å². The molecule has 0 rings (SSSR count). The lowest BCUT2D eigenvalue weighted by atomic mass is 9.99. The zero-order valence-electron chi connectivity index (χ0n) is 10.6. The Balaban J connectivity index is 3.23. The Morgan fingerprint density at radius 1 is 1.12 bits per heavy atom. The van der Waals surface area contributed by atoms with Crippen molar-refractivity contribution < 1.29 is 15.0 Å². The molecule has 0 amide bonds. The number of rotatable bonds is 10. The number of unbranched alkanes of at least 4 members (excludes halogenated alkanes) is 3. The van der Waals surface area contributed by atoms with E-state index in [1.807, 2.05) is 0 Å². The largest absolute Gasteiger partial charge is 0.481 e. The van der Waals surface area contributed by atoms with Crippen LogP contribution in [0, 0.1) is 5.92 Å². The molecular formula is C13H26O3. The van der Waals surface area contributed by atoms with Gasteiger partial charge in [0.05, 0.1) is 12.5 Å². The molecule has 0 aromatic carbocycles. The molecular weight excluding hydrogens is 204 g/mol. The molecule has 0 radical (unpaired) electrons. The van der Waals surface area contributed by atoms with E-state index in [0.29, 0.717) is 6.42 Å². The van der Waals surface area contributed by atoms with E-state index in [9.17, 15) is 9.90 Å². The fourth-order valence-electron chi connectivity index (χ4n) is 1.73. The third kappa shape index (κ3) is 9.97. The molecule has 0 saturated carbocycles. The summed E-state index contributed by atoms with van der Waals surface area (Å²) in [5.74, 6) is -0.0955. The first-order valence-corrected chi connectivity index (χ1v) is 6.46. The molecule has 0 aliphatic rings. The van der Waals surface area contributed by atoms with Crippen molar-refractivity contribution >= 4 is 5.97 Å². The van der Waals surface area contributed by atoms with Gasteiger partial charge in [0, 0.05) is 0 Å². The number of hydrogen-bond donors (Lipinski definition) is 2. The van der Waals surface area contributed by atoms with Crippen molar-refractivity contribution in [2.24, 2.45) is 5.92 Å². The van der Waals surface area contributed by atoms with Crippen molar-refractivity contribution in [1.82, 2.24) is 0 Å². The molecule has 0 spiro atoms. The molecule has 2 atom stereocenters. The molecule has 0 aromatic heterocycles. The summed E-state index contributed by atoms with van der Waals surface area (Å²) in [6.45, 7) is 4.49. The van der Waals surface area contributed by atoms with Crippen molar-refractivity contribution in [2.45, 2.75) is 71.3 Å². The zero-order valence-corrected chi connectivity index (χ0v) is 10.6. The monoisotopic (exact) mass is 230 g/mol. The third-order valence-electron chi connectivity index (χ3n) is 3.09. The molecule has 0 heterocycles. The second kappa shape index (κ2) is 9.64. The van der Waals surface area contributed by atoms with E-state index < -0.39 is 12.1 Å². The topological polar surface area (TPSA) is 57.5 Å². The minimum absolute atomic E-state index is 0.118. The van der Waals surface area contributed by atoms with E-state index in [4.69, 9.17) is 5.11 Å². The van der Waals surface area contributed by atoms with Crippen molar-refractivity contribution in [3.8, 4) is 0 Å². The predicted molar refractivity (Wildman–Crippen MR) is 65.4 cm³/mol. The Bertz CT molecular complexity index is 180. The molecule has 0 fully saturated rings. The molecule has 0 aromatic rings. The molecule has 0 aliphatic carbocycles. The molecule has 0 bridgehead atoms. The summed E-state index contributed by atoms with van der Waals surface area (Å²) >= 11 is 0. The van der Waals surface area contributed by atoms with Crippen LogP contribution in [0.2, 0.25) is 0 Å². The highest BCUT2D eigenvalue weighted by Crippen LogP contribution is 2.14. The SMILES string of the molecule is CCC(C)CCCCCCC(O)CC(=O)O. The lowest BCUT2D eigenvalue weighted by Crippen LogP contribution is -2.12. The molecule has 3 nitrogen and oxygen atoms in total. The van der Waals surface area contributed by atoms with Gasteiger partial charge in [0.1, 0.15) is 0 Å². The van der Waals surface area contributed by atoms with Crippen LogP contribution in [-0.2, 0) is 4.79 Å². The van der Waals surface area contributed by atoms with Crippen molar-refractivity contribution in [2.75, 3.05) is 0 Å². The smallest absolute Gasteiger partial charge is 0.305 e. The first-order chi connectivity index (χ1) is 7.56. The average Bonchev–Trinajstić information content (AvgIpc) is 2.21. The third-order valence-corrected chi connectivity index (χ3v) is 3.09. The van der Waals surface area contributed by atoms with Gasteiger partial charge in [0.2, 0.25) is 0 Å². The van der Waals surface area contributed by atoms with E-state index in [0.717, 1.165) is 18.8 Å². The van der Waals surface area contributed by atoms with Crippen LogP contribution in [0.4, 0.5) is 0 Å². The molecule has 16 heavy (non-hydrogen) atoms. The van der Waals surface area contributed by atoms with Gasteiger partial charge in [-0.3, -0.25) is 4.79 Å². The van der Waals surface area contributed by atoms with Gasteiger partial charge >= 0.3 is 5.97 Å². The predicted octanol–water partition coefficient (Wildman–Crippen LogP) is 3.21. The Hall–Kier alpha value is -0.570. The Labute approximate surface area is 98.9 Å². The minimum Gasteiger partial charge on any atom is -0.481 e. The fraction of sp³-hybridized carbons (Fsp3) is 0.923. The lowest BCUT2D eigenvalue weighted by molar-refractivity contribution is -0.139. The summed E-state index contributed by atoms with van der Waals surface area (Å²) in [6.07, 6.45) is 6.87. The number of aliphatic carboxylic acids is 1. The van der Waals surface area contributed by atoms with Crippen LogP contribution < -0.4 is 0 Å². The maximum atomic E-state index is 10.3. The van der Waals surface area contributed by atoms with Crippen LogP contribution in [0.1, 0.15) is 65.2 Å². The molecule has 2 unspecified atom stereocenters. The highest BCUT2D eigenvalue weighted by atomic mass is 16.4.